The predicted octanol–water partition coefficient (Wildman–Crippen LogP) is 2.05. The summed E-state index contributed by atoms with van der Waals surface area (Å²) in [6.45, 7) is 2.01. The van der Waals surface area contributed by atoms with Gasteiger partial charge in [-0.3, -0.25) is 4.79 Å². The van der Waals surface area contributed by atoms with E-state index in [0.29, 0.717) is 23.5 Å². The van der Waals surface area contributed by atoms with Crippen LogP contribution in [0.4, 0.5) is 0 Å². The van der Waals surface area contributed by atoms with E-state index >= 15 is 0 Å². The summed E-state index contributed by atoms with van der Waals surface area (Å²) in [5, 5.41) is 13.7. The zero-order valence-corrected chi connectivity index (χ0v) is 12.0. The monoisotopic (exact) mass is 280 g/mol. The Hall–Kier alpha value is -2.24. The summed E-state index contributed by atoms with van der Waals surface area (Å²) in [5.41, 5.74) is 2.78. The topological polar surface area (TPSA) is 80.2 Å². The number of aromatic hydroxyl groups is 1. The fraction of sp³-hybridized carbons (Fsp3) is 0.429. The maximum atomic E-state index is 11.4. The van der Waals surface area contributed by atoms with Crippen molar-refractivity contribution in [3.63, 3.8) is 0 Å². The normalized spacial score (nSPS) is 10.6. The molecule has 6 heteroatoms. The van der Waals surface area contributed by atoms with Crippen LogP contribution >= 0.6 is 0 Å². The molecule has 1 rings (SSSR count). The minimum atomic E-state index is -0.157. The van der Waals surface area contributed by atoms with Crippen LogP contribution in [0.2, 0.25) is 0 Å². The molecule has 0 aliphatic rings. The molecule has 0 heterocycles. The molecule has 1 aromatic carbocycles. The third kappa shape index (κ3) is 4.46. The number of hydrazone groups is 1. The van der Waals surface area contributed by atoms with Crippen LogP contribution in [0, 0.1) is 0 Å². The number of hydrogen-bond acceptors (Lipinski definition) is 5. The average Bonchev–Trinajstić information content (AvgIpc) is 2.46. The zero-order valence-electron chi connectivity index (χ0n) is 12.0. The van der Waals surface area contributed by atoms with E-state index < -0.39 is 0 Å². The summed E-state index contributed by atoms with van der Waals surface area (Å²) in [5.74, 6) is 0.694. The molecule has 0 aliphatic carbocycles. The quantitative estimate of drug-likeness (QED) is 0.591. The standard InChI is InChI=1S/C14H20N2O4/c1-4-5-6-14(18)16-15-9-11-12(17)7-10(19-2)8-13(11)20-3/h7-9,17H,4-6H2,1-3H3,(H,16,18)/b15-9+. The number of unbranched alkanes of at least 4 members (excludes halogenated alkanes) is 1. The number of rotatable bonds is 7. The zero-order chi connectivity index (χ0) is 15.0. The van der Waals surface area contributed by atoms with Gasteiger partial charge in [-0.1, -0.05) is 13.3 Å². The number of carbonyl (C=O) groups is 1. The Morgan fingerprint density at radius 3 is 2.75 bits per heavy atom. The van der Waals surface area contributed by atoms with Gasteiger partial charge in [-0.15, -0.1) is 0 Å². The van der Waals surface area contributed by atoms with Gasteiger partial charge in [0, 0.05) is 18.6 Å². The van der Waals surface area contributed by atoms with E-state index in [2.05, 4.69) is 10.5 Å². The molecule has 0 saturated carbocycles. The third-order valence-corrected chi connectivity index (χ3v) is 2.69. The van der Waals surface area contributed by atoms with Crippen molar-refractivity contribution < 1.29 is 19.4 Å². The Balaban J connectivity index is 2.78. The van der Waals surface area contributed by atoms with Crippen molar-refractivity contribution >= 4 is 12.1 Å². The predicted molar refractivity (Wildman–Crippen MR) is 76.5 cm³/mol. The van der Waals surface area contributed by atoms with E-state index in [9.17, 15) is 9.90 Å². The summed E-state index contributed by atoms with van der Waals surface area (Å²) < 4.78 is 10.2. The number of phenolic OH excluding ortho intramolecular Hbond substituents is 1. The SMILES string of the molecule is CCCCC(=O)N/N=C/c1c(O)cc(OC)cc1OC. The molecule has 0 aliphatic heterocycles. The Bertz CT molecular complexity index is 486. The van der Waals surface area contributed by atoms with Crippen molar-refractivity contribution in [3.05, 3.63) is 17.7 Å². The largest absolute Gasteiger partial charge is 0.507 e. The molecule has 6 nitrogen and oxygen atoms in total. The van der Waals surface area contributed by atoms with E-state index in [0.717, 1.165) is 12.8 Å². The van der Waals surface area contributed by atoms with Crippen molar-refractivity contribution in [3.8, 4) is 17.2 Å². The molecule has 1 aromatic rings. The second-order valence-corrected chi connectivity index (χ2v) is 4.16. The highest BCUT2D eigenvalue weighted by molar-refractivity contribution is 5.88. The number of nitrogens with one attached hydrogen (secondary N) is 1. The van der Waals surface area contributed by atoms with Gasteiger partial charge in [0.15, 0.2) is 0 Å². The van der Waals surface area contributed by atoms with Gasteiger partial charge in [0.05, 0.1) is 26.0 Å². The molecule has 110 valence electrons. The highest BCUT2D eigenvalue weighted by atomic mass is 16.5. The summed E-state index contributed by atoms with van der Waals surface area (Å²) in [6.07, 6.45) is 3.54. The first-order chi connectivity index (χ1) is 9.62. The molecule has 0 radical (unpaired) electrons. The highest BCUT2D eigenvalue weighted by Crippen LogP contribution is 2.31. The Morgan fingerprint density at radius 1 is 1.40 bits per heavy atom. The number of benzene rings is 1. The molecular weight excluding hydrogens is 260 g/mol. The van der Waals surface area contributed by atoms with Crippen LogP contribution in [0.15, 0.2) is 17.2 Å². The average molecular weight is 280 g/mol. The van der Waals surface area contributed by atoms with Gasteiger partial charge in [0.2, 0.25) is 5.91 Å². The van der Waals surface area contributed by atoms with Crippen LogP contribution < -0.4 is 14.9 Å². The van der Waals surface area contributed by atoms with Crippen LogP contribution in [-0.4, -0.2) is 31.4 Å². The Morgan fingerprint density at radius 2 is 2.15 bits per heavy atom. The van der Waals surface area contributed by atoms with Gasteiger partial charge < -0.3 is 14.6 Å². The molecule has 2 N–H and O–H groups in total. The number of ether oxygens (including phenoxy) is 2. The Kier molecular flexibility index (Phi) is 6.36. The van der Waals surface area contributed by atoms with Crippen molar-refractivity contribution in [2.75, 3.05) is 14.2 Å². The maximum Gasteiger partial charge on any atom is 0.240 e. The van der Waals surface area contributed by atoms with E-state index in [1.807, 2.05) is 6.92 Å². The van der Waals surface area contributed by atoms with Crippen LogP contribution in [0.1, 0.15) is 31.7 Å². The molecule has 0 fully saturated rings. The molecule has 0 unspecified atom stereocenters. The third-order valence-electron chi connectivity index (χ3n) is 2.69. The summed E-state index contributed by atoms with van der Waals surface area (Å²) in [6, 6.07) is 3.07. The summed E-state index contributed by atoms with van der Waals surface area (Å²) >= 11 is 0. The second-order valence-electron chi connectivity index (χ2n) is 4.16. The number of nitrogens with zero attached hydrogens (tertiary/aromatic N) is 1. The van der Waals surface area contributed by atoms with E-state index in [4.69, 9.17) is 9.47 Å². The summed E-state index contributed by atoms with van der Waals surface area (Å²) in [4.78, 5) is 11.4. The van der Waals surface area contributed by atoms with Crippen LogP contribution in [-0.2, 0) is 4.79 Å². The van der Waals surface area contributed by atoms with Crippen LogP contribution in [0.5, 0.6) is 17.2 Å². The van der Waals surface area contributed by atoms with Gasteiger partial charge in [-0.25, -0.2) is 5.43 Å². The van der Waals surface area contributed by atoms with Gasteiger partial charge in [-0.2, -0.15) is 5.10 Å². The smallest absolute Gasteiger partial charge is 0.240 e. The number of methoxy groups -OCH3 is 2. The van der Waals surface area contributed by atoms with E-state index in [-0.39, 0.29) is 11.7 Å². The van der Waals surface area contributed by atoms with E-state index in [1.54, 1.807) is 6.07 Å². The van der Waals surface area contributed by atoms with Gasteiger partial charge in [0.25, 0.3) is 0 Å². The fourth-order valence-corrected chi connectivity index (χ4v) is 1.57. The second kappa shape index (κ2) is 8.04. The first-order valence-electron chi connectivity index (χ1n) is 6.39. The number of carbonyl (C=O) groups excluding carboxylic acids is 1. The first kappa shape index (κ1) is 15.8. The van der Waals surface area contributed by atoms with Crippen molar-refractivity contribution in [1.82, 2.24) is 5.43 Å². The minimum Gasteiger partial charge on any atom is -0.507 e. The molecule has 20 heavy (non-hydrogen) atoms. The number of phenols is 1. The lowest BCUT2D eigenvalue weighted by atomic mass is 10.2. The lowest BCUT2D eigenvalue weighted by Crippen LogP contribution is -2.16. The van der Waals surface area contributed by atoms with Crippen molar-refractivity contribution in [2.24, 2.45) is 5.10 Å². The molecule has 0 bridgehead atoms. The van der Waals surface area contributed by atoms with Gasteiger partial charge >= 0.3 is 0 Å². The molecule has 0 saturated heterocycles. The molecular formula is C14H20N2O4. The highest BCUT2D eigenvalue weighted by Gasteiger charge is 2.10. The maximum absolute atomic E-state index is 11.4. The van der Waals surface area contributed by atoms with E-state index in [1.165, 1.54) is 26.5 Å². The molecule has 0 spiro atoms. The first-order valence-corrected chi connectivity index (χ1v) is 6.39. The minimum absolute atomic E-state index is 0.0345. The molecule has 1 amide bonds. The Labute approximate surface area is 118 Å². The van der Waals surface area contributed by atoms with Crippen LogP contribution in [0.25, 0.3) is 0 Å². The lowest BCUT2D eigenvalue weighted by Gasteiger charge is -2.09. The van der Waals surface area contributed by atoms with Crippen molar-refractivity contribution in [1.29, 1.82) is 0 Å². The van der Waals surface area contributed by atoms with Crippen molar-refractivity contribution in [2.45, 2.75) is 26.2 Å². The summed E-state index contributed by atoms with van der Waals surface area (Å²) in [7, 11) is 2.97. The van der Waals surface area contributed by atoms with Gasteiger partial charge in [0.1, 0.15) is 17.2 Å². The van der Waals surface area contributed by atoms with Gasteiger partial charge in [-0.05, 0) is 6.42 Å². The lowest BCUT2D eigenvalue weighted by molar-refractivity contribution is -0.121. The fourth-order valence-electron chi connectivity index (χ4n) is 1.57. The van der Waals surface area contributed by atoms with Crippen LogP contribution in [0.3, 0.4) is 0 Å². The number of amides is 1. The molecule has 0 aromatic heterocycles. The number of hydrogen-bond donors (Lipinski definition) is 2. The molecule has 0 atom stereocenters.